The highest BCUT2D eigenvalue weighted by atomic mass is 14.0. The van der Waals surface area contributed by atoms with E-state index in [9.17, 15) is 0 Å². The van der Waals surface area contributed by atoms with E-state index in [4.69, 9.17) is 0 Å². The summed E-state index contributed by atoms with van der Waals surface area (Å²) < 4.78 is 0. The smallest absolute Gasteiger partial charge is 0.00641 e. The van der Waals surface area contributed by atoms with Crippen LogP contribution in [0.4, 0.5) is 0 Å². The van der Waals surface area contributed by atoms with E-state index in [0.29, 0.717) is 0 Å². The molecule has 1 aromatic carbocycles. The number of hydrogen-bond acceptors (Lipinski definition) is 0. The maximum absolute atomic E-state index is 3.98. The van der Waals surface area contributed by atoms with Crippen LogP contribution in [0.5, 0.6) is 0 Å². The molecule has 0 aromatic heterocycles. The summed E-state index contributed by atoms with van der Waals surface area (Å²) in [5.74, 6) is 0. The number of allylic oxidation sites excluding steroid dienone is 7. The summed E-state index contributed by atoms with van der Waals surface area (Å²) in [5.41, 5.74) is 5.16. The van der Waals surface area contributed by atoms with Crippen molar-refractivity contribution >= 4 is 0 Å². The van der Waals surface area contributed by atoms with Gasteiger partial charge in [-0.25, -0.2) is 0 Å². The molecule has 0 bridgehead atoms. The van der Waals surface area contributed by atoms with Crippen molar-refractivity contribution in [3.05, 3.63) is 83.5 Å². The average Bonchev–Trinajstić information content (AvgIpc) is 2.39. The van der Waals surface area contributed by atoms with Crippen molar-refractivity contribution in [2.75, 3.05) is 0 Å². The number of aryl methyl sites for hydroxylation is 1. The zero-order chi connectivity index (χ0) is 14.1. The van der Waals surface area contributed by atoms with Crippen LogP contribution in [-0.4, -0.2) is 0 Å². The molecule has 0 aliphatic heterocycles. The molecule has 0 unspecified atom stereocenters. The summed E-state index contributed by atoms with van der Waals surface area (Å²) in [6, 6.07) is 8.54. The van der Waals surface area contributed by atoms with Crippen LogP contribution in [0.15, 0.2) is 72.4 Å². The van der Waals surface area contributed by atoms with E-state index in [-0.39, 0.29) is 0 Å². The van der Waals surface area contributed by atoms with Gasteiger partial charge in [0.2, 0.25) is 0 Å². The Morgan fingerprint density at radius 3 is 2.63 bits per heavy atom. The van der Waals surface area contributed by atoms with E-state index < -0.39 is 0 Å². The van der Waals surface area contributed by atoms with Crippen molar-refractivity contribution in [3.8, 4) is 0 Å². The maximum Gasteiger partial charge on any atom is -0.00641 e. The van der Waals surface area contributed by atoms with Crippen molar-refractivity contribution in [2.45, 2.75) is 33.6 Å². The van der Waals surface area contributed by atoms with Crippen LogP contribution in [0.1, 0.15) is 31.4 Å². The molecule has 0 fully saturated rings. The maximum atomic E-state index is 3.98. The number of rotatable bonds is 6. The van der Waals surface area contributed by atoms with E-state index >= 15 is 0 Å². The first-order chi connectivity index (χ1) is 9.13. The summed E-state index contributed by atoms with van der Waals surface area (Å²) >= 11 is 0. The summed E-state index contributed by atoms with van der Waals surface area (Å²) in [6.07, 6.45) is 12.5. The van der Waals surface area contributed by atoms with E-state index in [2.05, 4.69) is 75.9 Å². The lowest BCUT2D eigenvalue weighted by Gasteiger charge is -2.04. The minimum absolute atomic E-state index is 1.01. The van der Waals surface area contributed by atoms with Gasteiger partial charge < -0.3 is 0 Å². The summed E-state index contributed by atoms with van der Waals surface area (Å²) in [6.45, 7) is 10.4. The van der Waals surface area contributed by atoms with Crippen LogP contribution in [0.2, 0.25) is 0 Å². The zero-order valence-electron chi connectivity index (χ0n) is 12.3. The minimum Gasteiger partial charge on any atom is -0.0918 e. The molecule has 0 saturated heterocycles. The predicted molar refractivity (Wildman–Crippen MR) is 86.4 cm³/mol. The van der Waals surface area contributed by atoms with E-state index in [1.165, 1.54) is 16.7 Å². The average molecular weight is 252 g/mol. The van der Waals surface area contributed by atoms with Gasteiger partial charge in [0.15, 0.2) is 0 Å². The summed E-state index contributed by atoms with van der Waals surface area (Å²) in [4.78, 5) is 0. The first kappa shape index (κ1) is 15.2. The highest BCUT2D eigenvalue weighted by Gasteiger charge is 1.96. The molecule has 0 atom stereocenters. The minimum atomic E-state index is 1.01. The predicted octanol–water partition coefficient (Wildman–Crippen LogP) is 5.56. The molecule has 1 rings (SSSR count). The molecule has 0 heteroatoms. The zero-order valence-corrected chi connectivity index (χ0v) is 12.3. The third-order valence-electron chi connectivity index (χ3n) is 2.99. The standard InChI is InChI=1S/C19H24/c1-5-6-10-16(2)11-9-12-17(3)15-19-14-8-7-13-18(19)4/h6-14H,2,5,15H2,1,3-4H3/b10-6+,11-9-,17-12+. The van der Waals surface area contributed by atoms with Gasteiger partial charge in [-0.2, -0.15) is 0 Å². The summed E-state index contributed by atoms with van der Waals surface area (Å²) in [7, 11) is 0. The Bertz CT molecular complexity index is 499. The van der Waals surface area contributed by atoms with Crippen LogP contribution in [0, 0.1) is 6.92 Å². The van der Waals surface area contributed by atoms with Gasteiger partial charge in [0.05, 0.1) is 0 Å². The van der Waals surface area contributed by atoms with Crippen molar-refractivity contribution in [1.82, 2.24) is 0 Å². The van der Waals surface area contributed by atoms with Crippen LogP contribution < -0.4 is 0 Å². The topological polar surface area (TPSA) is 0 Å². The lowest BCUT2D eigenvalue weighted by Crippen LogP contribution is -1.89. The molecule has 1 aromatic rings. The van der Waals surface area contributed by atoms with Crippen LogP contribution >= 0.6 is 0 Å². The van der Waals surface area contributed by atoms with Crippen molar-refractivity contribution in [1.29, 1.82) is 0 Å². The summed E-state index contributed by atoms with van der Waals surface area (Å²) in [5, 5.41) is 0. The van der Waals surface area contributed by atoms with Crippen LogP contribution in [-0.2, 0) is 6.42 Å². The monoisotopic (exact) mass is 252 g/mol. The highest BCUT2D eigenvalue weighted by Crippen LogP contribution is 2.12. The third kappa shape index (κ3) is 6.05. The molecule has 100 valence electrons. The normalized spacial score (nSPS) is 12.5. The fourth-order valence-corrected chi connectivity index (χ4v) is 1.83. The van der Waals surface area contributed by atoms with E-state index in [0.717, 1.165) is 18.4 Å². The van der Waals surface area contributed by atoms with E-state index in [1.54, 1.807) is 0 Å². The molecule has 19 heavy (non-hydrogen) atoms. The Kier molecular flexibility index (Phi) is 6.67. The quantitative estimate of drug-likeness (QED) is 0.581. The molecule has 0 amide bonds. The Balaban J connectivity index is 2.59. The van der Waals surface area contributed by atoms with E-state index in [1.807, 2.05) is 6.08 Å². The van der Waals surface area contributed by atoms with Gasteiger partial charge in [0.1, 0.15) is 0 Å². The Hall–Kier alpha value is -1.82. The second kappa shape index (κ2) is 8.31. The van der Waals surface area contributed by atoms with Crippen molar-refractivity contribution < 1.29 is 0 Å². The first-order valence-electron chi connectivity index (χ1n) is 6.87. The van der Waals surface area contributed by atoms with Gasteiger partial charge in [-0.15, -0.1) is 0 Å². The molecular weight excluding hydrogens is 228 g/mol. The largest absolute Gasteiger partial charge is 0.0918 e. The molecular formula is C19H24. The molecule has 0 heterocycles. The van der Waals surface area contributed by atoms with Crippen molar-refractivity contribution in [3.63, 3.8) is 0 Å². The van der Waals surface area contributed by atoms with Gasteiger partial charge in [-0.3, -0.25) is 0 Å². The Labute approximate surface area is 117 Å². The van der Waals surface area contributed by atoms with Gasteiger partial charge in [0.25, 0.3) is 0 Å². The van der Waals surface area contributed by atoms with Gasteiger partial charge in [-0.05, 0) is 43.4 Å². The molecule has 0 spiro atoms. The molecule has 0 saturated carbocycles. The lowest BCUT2D eigenvalue weighted by molar-refractivity contribution is 1.12. The van der Waals surface area contributed by atoms with Crippen molar-refractivity contribution in [2.24, 2.45) is 0 Å². The first-order valence-corrected chi connectivity index (χ1v) is 6.87. The second-order valence-electron chi connectivity index (χ2n) is 4.86. The third-order valence-corrected chi connectivity index (χ3v) is 2.99. The van der Waals surface area contributed by atoms with Crippen LogP contribution in [0.25, 0.3) is 0 Å². The van der Waals surface area contributed by atoms with Gasteiger partial charge in [0, 0.05) is 0 Å². The second-order valence-corrected chi connectivity index (χ2v) is 4.86. The van der Waals surface area contributed by atoms with Crippen LogP contribution in [0.3, 0.4) is 0 Å². The Morgan fingerprint density at radius 2 is 1.95 bits per heavy atom. The number of hydrogen-bond donors (Lipinski definition) is 0. The molecule has 0 aliphatic rings. The molecule has 0 nitrogen and oxygen atoms in total. The molecule has 0 radical (unpaired) electrons. The fourth-order valence-electron chi connectivity index (χ4n) is 1.83. The molecule has 0 aliphatic carbocycles. The SMILES string of the molecule is C=C(/C=C\C=C(/C)Cc1ccccc1C)/C=C/CC. The number of benzene rings is 1. The van der Waals surface area contributed by atoms with Gasteiger partial charge in [-0.1, -0.05) is 73.7 Å². The highest BCUT2D eigenvalue weighted by molar-refractivity contribution is 5.33. The fraction of sp³-hybridized carbons (Fsp3) is 0.263. The Morgan fingerprint density at radius 1 is 1.21 bits per heavy atom. The lowest BCUT2D eigenvalue weighted by atomic mass is 10.0. The molecule has 0 N–H and O–H groups in total. The van der Waals surface area contributed by atoms with Gasteiger partial charge >= 0.3 is 0 Å².